The summed E-state index contributed by atoms with van der Waals surface area (Å²) in [6, 6.07) is 30.0. The van der Waals surface area contributed by atoms with Gasteiger partial charge in [-0.2, -0.15) is 31.4 Å². The van der Waals surface area contributed by atoms with Crippen LogP contribution in [0.25, 0.3) is 49.7 Å². The van der Waals surface area contributed by atoms with Crippen LogP contribution in [0.5, 0.6) is 5.75 Å². The molecule has 2 aromatic heterocycles. The molecule has 0 atom stereocenters. The number of halogens is 6. The number of rotatable bonds is 7. The number of hydrogen-bond donors (Lipinski definition) is 1. The van der Waals surface area contributed by atoms with Gasteiger partial charge >= 0.3 is 18.3 Å². The van der Waals surface area contributed by atoms with Crippen molar-refractivity contribution in [1.82, 2.24) is 14.8 Å². The van der Waals surface area contributed by atoms with Crippen molar-refractivity contribution in [1.29, 1.82) is 0 Å². The molecule has 0 bridgehead atoms. The maximum absolute atomic E-state index is 13.8. The number of carboxylic acid groups (broad SMARTS) is 1. The van der Waals surface area contributed by atoms with E-state index in [4.69, 9.17) is 9.72 Å². The van der Waals surface area contributed by atoms with Gasteiger partial charge in [0.05, 0.1) is 28.5 Å². The maximum Gasteiger partial charge on any atom is 0.434 e. The van der Waals surface area contributed by atoms with Gasteiger partial charge in [0.25, 0.3) is 0 Å². The van der Waals surface area contributed by atoms with Crippen LogP contribution in [0.15, 0.2) is 115 Å². The van der Waals surface area contributed by atoms with Crippen LogP contribution in [-0.2, 0) is 19.0 Å². The standard InChI is InChI=1S/C39H25F6N3O3/c1-22-16-24(23-10-12-29(13-11-23)38(40,41)42)6-9-27(22)21-51-35-5-3-2-4-31(35)25-7-8-26-17-28-18-30(14-15-33(28)47-34(26)19-25)48-36(39(43,44)45)32(20-46-48)37(49)50/h2-20H,21H2,1H3,(H,49,50). The molecule has 7 rings (SSSR count). The summed E-state index contributed by atoms with van der Waals surface area (Å²) < 4.78 is 87.2. The Morgan fingerprint density at radius 1 is 0.745 bits per heavy atom. The number of hydrogen-bond acceptors (Lipinski definition) is 4. The van der Waals surface area contributed by atoms with Crippen molar-refractivity contribution in [2.75, 3.05) is 0 Å². The van der Waals surface area contributed by atoms with Crippen molar-refractivity contribution in [3.05, 3.63) is 143 Å². The van der Waals surface area contributed by atoms with E-state index < -0.39 is 35.1 Å². The van der Waals surface area contributed by atoms with Gasteiger partial charge < -0.3 is 9.84 Å². The summed E-state index contributed by atoms with van der Waals surface area (Å²) >= 11 is 0. The van der Waals surface area contributed by atoms with E-state index in [1.54, 1.807) is 12.1 Å². The topological polar surface area (TPSA) is 77.2 Å². The molecule has 256 valence electrons. The largest absolute Gasteiger partial charge is 0.488 e. The Labute approximate surface area is 286 Å². The molecule has 0 aliphatic carbocycles. The maximum atomic E-state index is 13.8. The van der Waals surface area contributed by atoms with Crippen LogP contribution < -0.4 is 4.74 Å². The van der Waals surface area contributed by atoms with Crippen LogP contribution in [0.2, 0.25) is 0 Å². The first kappa shape index (κ1) is 33.3. The van der Waals surface area contributed by atoms with Gasteiger partial charge in [0.2, 0.25) is 0 Å². The third-order valence-electron chi connectivity index (χ3n) is 8.58. The van der Waals surface area contributed by atoms with Crippen molar-refractivity contribution in [2.45, 2.75) is 25.9 Å². The second-order valence-corrected chi connectivity index (χ2v) is 11.9. The molecule has 51 heavy (non-hydrogen) atoms. The molecule has 2 heterocycles. The predicted molar refractivity (Wildman–Crippen MR) is 180 cm³/mol. The normalized spacial score (nSPS) is 12.1. The van der Waals surface area contributed by atoms with E-state index in [2.05, 4.69) is 5.10 Å². The zero-order valence-corrected chi connectivity index (χ0v) is 26.5. The molecule has 0 aliphatic heterocycles. The highest BCUT2D eigenvalue weighted by molar-refractivity contribution is 5.96. The van der Waals surface area contributed by atoms with Crippen molar-refractivity contribution >= 4 is 27.8 Å². The molecule has 5 aromatic carbocycles. The number of pyridine rings is 1. The zero-order valence-electron chi connectivity index (χ0n) is 26.5. The quantitative estimate of drug-likeness (QED) is 0.133. The van der Waals surface area contributed by atoms with Crippen molar-refractivity contribution < 1.29 is 41.0 Å². The second kappa shape index (κ2) is 12.6. The highest BCUT2D eigenvalue weighted by Gasteiger charge is 2.40. The number of nitrogens with zero attached hydrogens (tertiary/aromatic N) is 3. The minimum absolute atomic E-state index is 0.0376. The Bertz CT molecular complexity index is 2450. The van der Waals surface area contributed by atoms with Crippen LogP contribution in [0.1, 0.15) is 32.7 Å². The van der Waals surface area contributed by atoms with Crippen molar-refractivity contribution in [2.24, 2.45) is 0 Å². The molecule has 6 nitrogen and oxygen atoms in total. The number of alkyl halides is 6. The molecular weight excluding hydrogens is 672 g/mol. The lowest BCUT2D eigenvalue weighted by Gasteiger charge is -2.15. The number of carboxylic acids is 1. The number of ether oxygens (including phenoxy) is 1. The number of para-hydroxylation sites is 1. The van der Waals surface area contributed by atoms with Gasteiger partial charge in [-0.15, -0.1) is 0 Å². The first-order chi connectivity index (χ1) is 24.3. The van der Waals surface area contributed by atoms with E-state index in [0.717, 1.165) is 45.3 Å². The van der Waals surface area contributed by atoms with Crippen LogP contribution in [0.4, 0.5) is 26.3 Å². The predicted octanol–water partition coefficient (Wildman–Crippen LogP) is 10.5. The summed E-state index contributed by atoms with van der Waals surface area (Å²) in [5.41, 5.74) is 3.09. The third kappa shape index (κ3) is 6.60. The van der Waals surface area contributed by atoms with Gasteiger partial charge in [0, 0.05) is 16.3 Å². The second-order valence-electron chi connectivity index (χ2n) is 11.9. The molecule has 0 aliphatic rings. The lowest BCUT2D eigenvalue weighted by Crippen LogP contribution is -2.17. The molecule has 0 spiro atoms. The number of fused-ring (bicyclic) bond motifs is 2. The van der Waals surface area contributed by atoms with E-state index in [-0.39, 0.29) is 12.3 Å². The van der Waals surface area contributed by atoms with Gasteiger partial charge in [-0.3, -0.25) is 0 Å². The minimum atomic E-state index is -4.95. The first-order valence-corrected chi connectivity index (χ1v) is 15.5. The van der Waals surface area contributed by atoms with E-state index >= 15 is 0 Å². The summed E-state index contributed by atoms with van der Waals surface area (Å²) in [4.78, 5) is 16.2. The summed E-state index contributed by atoms with van der Waals surface area (Å²) in [6.07, 6.45) is -8.66. The lowest BCUT2D eigenvalue weighted by atomic mass is 9.99. The van der Waals surface area contributed by atoms with Crippen molar-refractivity contribution in [3.63, 3.8) is 0 Å². The van der Waals surface area contributed by atoms with Crippen LogP contribution in [-0.4, -0.2) is 25.8 Å². The van der Waals surface area contributed by atoms with E-state index in [9.17, 15) is 36.2 Å². The number of aromatic carboxylic acids is 1. The molecule has 0 amide bonds. The lowest BCUT2D eigenvalue weighted by molar-refractivity contribution is -0.143. The Morgan fingerprint density at radius 2 is 1.47 bits per heavy atom. The SMILES string of the molecule is Cc1cc(-c2ccc(C(F)(F)F)cc2)ccc1COc1ccccc1-c1ccc2cc3cc(-n4ncc(C(=O)O)c4C(F)(F)F)ccc3nc2c1. The molecule has 12 heteroatoms. The van der Waals surface area contributed by atoms with E-state index in [1.165, 1.54) is 24.3 Å². The fraction of sp³-hybridized carbons (Fsp3) is 0.103. The highest BCUT2D eigenvalue weighted by atomic mass is 19.4. The molecule has 0 radical (unpaired) electrons. The smallest absolute Gasteiger partial charge is 0.434 e. The summed E-state index contributed by atoms with van der Waals surface area (Å²) in [5, 5.41) is 14.2. The van der Waals surface area contributed by atoms with Crippen LogP contribution in [0.3, 0.4) is 0 Å². The Morgan fingerprint density at radius 3 is 2.18 bits per heavy atom. The average molecular weight is 698 g/mol. The summed E-state index contributed by atoms with van der Waals surface area (Å²) in [5.74, 6) is -1.11. The number of benzene rings is 5. The molecule has 7 aromatic rings. The molecular formula is C39H25F6N3O3. The zero-order chi connectivity index (χ0) is 36.1. The van der Waals surface area contributed by atoms with Crippen molar-refractivity contribution in [3.8, 4) is 33.7 Å². The number of carbonyl (C=O) groups is 1. The van der Waals surface area contributed by atoms with Gasteiger partial charge in [0.15, 0.2) is 5.69 Å². The Kier molecular flexibility index (Phi) is 8.25. The summed E-state index contributed by atoms with van der Waals surface area (Å²) in [6.45, 7) is 2.16. The third-order valence-corrected chi connectivity index (χ3v) is 8.58. The number of aryl methyl sites for hydroxylation is 1. The fourth-order valence-electron chi connectivity index (χ4n) is 5.97. The average Bonchev–Trinajstić information content (AvgIpc) is 3.57. The first-order valence-electron chi connectivity index (χ1n) is 15.5. The Hall–Kier alpha value is -6.17. The minimum Gasteiger partial charge on any atom is -0.488 e. The van der Waals surface area contributed by atoms with E-state index in [0.29, 0.717) is 38.6 Å². The Balaban J connectivity index is 1.14. The fourth-order valence-corrected chi connectivity index (χ4v) is 5.97. The van der Waals surface area contributed by atoms with E-state index in [1.807, 2.05) is 67.6 Å². The van der Waals surface area contributed by atoms with Gasteiger partial charge in [-0.05, 0) is 83.3 Å². The van der Waals surface area contributed by atoms with Gasteiger partial charge in [-0.1, -0.05) is 60.7 Å². The molecule has 0 unspecified atom stereocenters. The number of aromatic nitrogens is 3. The molecule has 0 saturated carbocycles. The van der Waals surface area contributed by atoms with Crippen LogP contribution in [0, 0.1) is 6.92 Å². The van der Waals surface area contributed by atoms with Gasteiger partial charge in [0.1, 0.15) is 17.9 Å². The van der Waals surface area contributed by atoms with Gasteiger partial charge in [-0.25, -0.2) is 14.5 Å². The van der Waals surface area contributed by atoms with Crippen LogP contribution >= 0.6 is 0 Å². The molecule has 0 saturated heterocycles. The molecule has 0 fully saturated rings. The summed E-state index contributed by atoms with van der Waals surface area (Å²) in [7, 11) is 0. The highest BCUT2D eigenvalue weighted by Crippen LogP contribution is 2.36. The molecule has 1 N–H and O–H groups in total. The monoisotopic (exact) mass is 697 g/mol.